The zero-order valence-electron chi connectivity index (χ0n) is 12.8. The van der Waals surface area contributed by atoms with Gasteiger partial charge in [0.2, 0.25) is 0 Å². The molecule has 2 aromatic carbocycles. The molecular formula is C16H13F3N2O3S. The fourth-order valence-electron chi connectivity index (χ4n) is 2.24. The summed E-state index contributed by atoms with van der Waals surface area (Å²) in [5.41, 5.74) is -0.119. The van der Waals surface area contributed by atoms with E-state index >= 15 is 0 Å². The molecule has 0 saturated heterocycles. The summed E-state index contributed by atoms with van der Waals surface area (Å²) in [6, 6.07) is 5.65. The molecule has 0 spiro atoms. The molecule has 2 N–H and O–H groups in total. The number of ether oxygens (including phenoxy) is 1. The van der Waals surface area contributed by atoms with Crippen LogP contribution in [-0.2, 0) is 11.0 Å². The maximum atomic E-state index is 13.2. The Balaban J connectivity index is 1.86. The third kappa shape index (κ3) is 3.83. The highest BCUT2D eigenvalue weighted by Gasteiger charge is 2.18. The molecule has 3 rings (SSSR count). The monoisotopic (exact) mass is 370 g/mol. The van der Waals surface area contributed by atoms with Crippen molar-refractivity contribution in [2.75, 3.05) is 18.5 Å². The Kier molecular flexibility index (Phi) is 5.05. The zero-order valence-corrected chi connectivity index (χ0v) is 13.6. The summed E-state index contributed by atoms with van der Waals surface area (Å²) in [5, 5.41) is 2.27. The van der Waals surface area contributed by atoms with Gasteiger partial charge in [0.1, 0.15) is 16.7 Å². The highest BCUT2D eigenvalue weighted by molar-refractivity contribution is 7.83. The highest BCUT2D eigenvalue weighted by Crippen LogP contribution is 2.25. The lowest BCUT2D eigenvalue weighted by Gasteiger charge is -2.16. The number of halogens is 3. The van der Waals surface area contributed by atoms with Gasteiger partial charge in [0.25, 0.3) is 5.91 Å². The van der Waals surface area contributed by atoms with Gasteiger partial charge in [-0.05, 0) is 24.6 Å². The van der Waals surface area contributed by atoms with Crippen molar-refractivity contribution in [1.29, 1.82) is 0 Å². The maximum Gasteiger partial charge on any atom is 0.255 e. The Morgan fingerprint density at radius 3 is 2.60 bits per heavy atom. The lowest BCUT2D eigenvalue weighted by atomic mass is 10.2. The van der Waals surface area contributed by atoms with Gasteiger partial charge in [-0.3, -0.25) is 4.79 Å². The van der Waals surface area contributed by atoms with Crippen LogP contribution in [0.4, 0.5) is 18.9 Å². The van der Waals surface area contributed by atoms with Crippen molar-refractivity contribution in [3.63, 3.8) is 0 Å². The predicted molar refractivity (Wildman–Crippen MR) is 85.2 cm³/mol. The van der Waals surface area contributed by atoms with Crippen LogP contribution in [0, 0.1) is 17.5 Å². The van der Waals surface area contributed by atoms with E-state index in [2.05, 4.69) is 10.0 Å². The van der Waals surface area contributed by atoms with Crippen LogP contribution in [0.25, 0.3) is 0 Å². The second kappa shape index (κ2) is 7.24. The van der Waals surface area contributed by atoms with E-state index in [0.29, 0.717) is 42.4 Å². The number of anilines is 1. The van der Waals surface area contributed by atoms with Gasteiger partial charge in [-0.2, -0.15) is 0 Å². The molecule has 0 fully saturated rings. The van der Waals surface area contributed by atoms with Crippen LogP contribution in [-0.4, -0.2) is 23.3 Å². The van der Waals surface area contributed by atoms with Gasteiger partial charge >= 0.3 is 0 Å². The summed E-state index contributed by atoms with van der Waals surface area (Å²) in [5.74, 6) is -4.73. The fraction of sp³-hybridized carbons (Fsp3) is 0.188. The van der Waals surface area contributed by atoms with E-state index in [1.54, 1.807) is 0 Å². The molecule has 2 aromatic rings. The van der Waals surface area contributed by atoms with Crippen molar-refractivity contribution >= 4 is 22.6 Å². The summed E-state index contributed by atoms with van der Waals surface area (Å²) in [6.45, 7) is 0.938. The summed E-state index contributed by atoms with van der Waals surface area (Å²) in [4.78, 5) is 12.6. The first-order valence-corrected chi connectivity index (χ1v) is 8.48. The minimum absolute atomic E-state index is 0.114. The van der Waals surface area contributed by atoms with E-state index in [0.717, 1.165) is 0 Å². The lowest BCUT2D eigenvalue weighted by Crippen LogP contribution is -2.24. The van der Waals surface area contributed by atoms with E-state index in [-0.39, 0.29) is 11.3 Å². The Bertz CT molecular complexity index is 838. The molecule has 0 saturated carbocycles. The molecule has 0 radical (unpaired) electrons. The molecule has 1 amide bonds. The van der Waals surface area contributed by atoms with Crippen LogP contribution in [0.15, 0.2) is 35.2 Å². The van der Waals surface area contributed by atoms with Gasteiger partial charge in [0.05, 0.1) is 11.5 Å². The third-order valence-electron chi connectivity index (χ3n) is 3.46. The van der Waals surface area contributed by atoms with Crippen LogP contribution < -0.4 is 14.8 Å². The Morgan fingerprint density at radius 1 is 1.16 bits per heavy atom. The van der Waals surface area contributed by atoms with Gasteiger partial charge < -0.3 is 10.1 Å². The largest absolute Gasteiger partial charge is 0.492 e. The van der Waals surface area contributed by atoms with Crippen molar-refractivity contribution < 1.29 is 26.9 Å². The number of carbonyl (C=O) groups excluding carboxylic acids is 1. The summed E-state index contributed by atoms with van der Waals surface area (Å²) < 4.78 is 59.9. The lowest BCUT2D eigenvalue weighted by molar-refractivity contribution is 0.102. The molecule has 9 heteroatoms. The van der Waals surface area contributed by atoms with Crippen LogP contribution in [0.1, 0.15) is 16.8 Å². The minimum Gasteiger partial charge on any atom is -0.492 e. The van der Waals surface area contributed by atoms with E-state index in [9.17, 15) is 22.2 Å². The summed E-state index contributed by atoms with van der Waals surface area (Å²) in [6.07, 6.45) is 0.690. The average Bonchev–Trinajstić information content (AvgIpc) is 2.57. The smallest absolute Gasteiger partial charge is 0.255 e. The second-order valence-corrected chi connectivity index (χ2v) is 6.50. The third-order valence-corrected chi connectivity index (χ3v) is 4.64. The Labute approximate surface area is 143 Å². The molecule has 132 valence electrons. The number of amides is 1. The first kappa shape index (κ1) is 17.4. The fourth-order valence-corrected chi connectivity index (χ4v) is 3.27. The maximum absolute atomic E-state index is 13.2. The molecule has 1 heterocycles. The predicted octanol–water partition coefficient (Wildman–Crippen LogP) is 2.75. The Morgan fingerprint density at radius 2 is 1.88 bits per heavy atom. The number of hydrogen-bond acceptors (Lipinski definition) is 3. The molecule has 0 aromatic heterocycles. The van der Waals surface area contributed by atoms with Crippen molar-refractivity contribution in [2.45, 2.75) is 11.3 Å². The SMILES string of the molecule is O=C(Nc1cc(F)c(F)c(F)c1)c1ccc2c(c1)S(=O)NCCCO2. The molecular weight excluding hydrogens is 357 g/mol. The summed E-state index contributed by atoms with van der Waals surface area (Å²) >= 11 is 0. The van der Waals surface area contributed by atoms with Crippen LogP contribution in [0.2, 0.25) is 0 Å². The number of hydrogen-bond donors (Lipinski definition) is 2. The molecule has 25 heavy (non-hydrogen) atoms. The van der Waals surface area contributed by atoms with Gasteiger partial charge in [0, 0.05) is 29.9 Å². The second-order valence-electron chi connectivity index (χ2n) is 5.23. The van der Waals surface area contributed by atoms with Crippen LogP contribution in [0.3, 0.4) is 0 Å². The van der Waals surface area contributed by atoms with Crippen molar-refractivity contribution in [3.05, 3.63) is 53.3 Å². The molecule has 5 nitrogen and oxygen atoms in total. The summed E-state index contributed by atoms with van der Waals surface area (Å²) in [7, 11) is -1.55. The van der Waals surface area contributed by atoms with Crippen LogP contribution in [0.5, 0.6) is 5.75 Å². The van der Waals surface area contributed by atoms with Crippen molar-refractivity contribution in [2.24, 2.45) is 0 Å². The molecule has 0 aliphatic carbocycles. The molecule has 1 atom stereocenters. The number of carbonyl (C=O) groups is 1. The molecule has 0 bridgehead atoms. The highest BCUT2D eigenvalue weighted by atomic mass is 32.2. The average molecular weight is 370 g/mol. The van der Waals surface area contributed by atoms with Gasteiger partial charge in [-0.25, -0.2) is 22.1 Å². The van der Waals surface area contributed by atoms with E-state index in [4.69, 9.17) is 4.74 Å². The normalized spacial score (nSPS) is 17.0. The molecule has 1 aliphatic rings. The standard InChI is InChI=1S/C16H13F3N2O3S/c17-11-7-10(8-12(18)15(11)19)21-16(22)9-2-3-13-14(6-9)25(23)20-4-1-5-24-13/h2-3,6-8,20H,1,4-5H2,(H,21,22). The first-order valence-electron chi connectivity index (χ1n) is 7.34. The van der Waals surface area contributed by atoms with E-state index in [1.165, 1.54) is 18.2 Å². The van der Waals surface area contributed by atoms with Crippen molar-refractivity contribution in [1.82, 2.24) is 4.72 Å². The Hall–Kier alpha value is -2.39. The molecule has 1 aliphatic heterocycles. The topological polar surface area (TPSA) is 67.4 Å². The number of benzene rings is 2. The van der Waals surface area contributed by atoms with E-state index in [1.807, 2.05) is 0 Å². The van der Waals surface area contributed by atoms with E-state index < -0.39 is 34.3 Å². The number of rotatable bonds is 2. The van der Waals surface area contributed by atoms with Crippen molar-refractivity contribution in [3.8, 4) is 5.75 Å². The van der Waals surface area contributed by atoms with Gasteiger partial charge in [0.15, 0.2) is 17.5 Å². The number of fused-ring (bicyclic) bond motifs is 1. The zero-order chi connectivity index (χ0) is 18.0. The first-order chi connectivity index (χ1) is 12.0. The number of nitrogens with one attached hydrogen (secondary N) is 2. The molecule has 1 unspecified atom stereocenters. The van der Waals surface area contributed by atoms with Gasteiger partial charge in [-0.1, -0.05) is 0 Å². The minimum atomic E-state index is -1.61. The van der Waals surface area contributed by atoms with Crippen LogP contribution >= 0.6 is 0 Å². The van der Waals surface area contributed by atoms with Gasteiger partial charge in [-0.15, -0.1) is 0 Å². The quantitative estimate of drug-likeness (QED) is 0.799.